The maximum absolute atomic E-state index is 11.1. The van der Waals surface area contributed by atoms with Crippen molar-refractivity contribution in [2.24, 2.45) is 0 Å². The van der Waals surface area contributed by atoms with Gasteiger partial charge in [-0.3, -0.25) is 9.88 Å². The van der Waals surface area contributed by atoms with Gasteiger partial charge in [-0.25, -0.2) is 4.79 Å². The molecule has 5 heteroatoms. The highest BCUT2D eigenvalue weighted by molar-refractivity contribution is 5.69. The molecule has 5 nitrogen and oxygen atoms in total. The molecule has 1 amide bonds. The predicted molar refractivity (Wildman–Crippen MR) is 50.4 cm³/mol. The van der Waals surface area contributed by atoms with Crippen molar-refractivity contribution >= 4 is 11.8 Å². The Hall–Kier alpha value is -1.78. The lowest BCUT2D eigenvalue weighted by atomic mass is 10.3. The number of nitrogens with two attached hydrogens (primary N) is 1. The molecule has 2 N–H and O–H groups in total. The van der Waals surface area contributed by atoms with E-state index in [0.717, 1.165) is 5.69 Å². The lowest BCUT2D eigenvalue weighted by molar-refractivity contribution is 0.157. The topological polar surface area (TPSA) is 68.4 Å². The van der Waals surface area contributed by atoms with Gasteiger partial charge in [-0.2, -0.15) is 0 Å². The van der Waals surface area contributed by atoms with Gasteiger partial charge in [0.25, 0.3) is 0 Å². The number of ether oxygens (including phenoxy) is 1. The quantitative estimate of drug-likeness (QED) is 0.747. The van der Waals surface area contributed by atoms with Crippen LogP contribution < -0.4 is 5.73 Å². The first kappa shape index (κ1) is 8.80. The van der Waals surface area contributed by atoms with Gasteiger partial charge in [0.05, 0.1) is 30.7 Å². The van der Waals surface area contributed by atoms with Gasteiger partial charge in [0.15, 0.2) is 0 Å². The summed E-state index contributed by atoms with van der Waals surface area (Å²) in [5.74, 6) is 0. The van der Waals surface area contributed by atoms with Crippen LogP contribution in [0.4, 0.5) is 10.5 Å². The number of nitrogen functional groups attached to an aromatic ring is 1. The van der Waals surface area contributed by atoms with Gasteiger partial charge in [0.1, 0.15) is 6.61 Å². The Morgan fingerprint density at radius 3 is 3.00 bits per heavy atom. The van der Waals surface area contributed by atoms with Crippen LogP contribution >= 0.6 is 0 Å². The summed E-state index contributed by atoms with van der Waals surface area (Å²) in [6.07, 6.45) is 1.31. The van der Waals surface area contributed by atoms with E-state index in [0.29, 0.717) is 25.4 Å². The molecule has 1 saturated heterocycles. The Balaban J connectivity index is 2.03. The molecule has 1 aliphatic heterocycles. The number of pyridine rings is 1. The molecular formula is C9H11N3O2. The first-order chi connectivity index (χ1) is 6.75. The van der Waals surface area contributed by atoms with Crippen LogP contribution in [0.3, 0.4) is 0 Å². The molecule has 2 rings (SSSR count). The molecule has 0 aliphatic carbocycles. The second-order valence-corrected chi connectivity index (χ2v) is 3.12. The third-order valence-electron chi connectivity index (χ3n) is 2.05. The maximum Gasteiger partial charge on any atom is 0.410 e. The SMILES string of the molecule is Nc1ccc(CN2CCOC2=O)nc1. The number of nitrogens with zero attached hydrogens (tertiary/aromatic N) is 2. The van der Waals surface area contributed by atoms with Crippen molar-refractivity contribution in [3.63, 3.8) is 0 Å². The molecule has 0 radical (unpaired) electrons. The fraction of sp³-hybridized carbons (Fsp3) is 0.333. The molecule has 0 bridgehead atoms. The van der Waals surface area contributed by atoms with Gasteiger partial charge >= 0.3 is 6.09 Å². The largest absolute Gasteiger partial charge is 0.448 e. The molecule has 0 aromatic carbocycles. The molecule has 0 spiro atoms. The average molecular weight is 193 g/mol. The molecule has 2 heterocycles. The van der Waals surface area contributed by atoms with Crippen LogP contribution in [0.25, 0.3) is 0 Å². The maximum atomic E-state index is 11.1. The van der Waals surface area contributed by atoms with Crippen LogP contribution in [-0.4, -0.2) is 29.1 Å². The van der Waals surface area contributed by atoms with Crippen molar-refractivity contribution in [2.75, 3.05) is 18.9 Å². The van der Waals surface area contributed by atoms with E-state index in [9.17, 15) is 4.79 Å². The standard InChI is InChI=1S/C9H11N3O2/c10-7-1-2-8(11-5-7)6-12-3-4-14-9(12)13/h1-2,5H,3-4,6,10H2. The number of anilines is 1. The van der Waals surface area contributed by atoms with Crippen LogP contribution in [-0.2, 0) is 11.3 Å². The summed E-state index contributed by atoms with van der Waals surface area (Å²) in [6, 6.07) is 3.57. The number of carbonyl (C=O) groups excluding carboxylic acids is 1. The summed E-state index contributed by atoms with van der Waals surface area (Å²) in [7, 11) is 0. The average Bonchev–Trinajstić information content (AvgIpc) is 2.56. The normalized spacial score (nSPS) is 15.7. The van der Waals surface area contributed by atoms with Crippen molar-refractivity contribution < 1.29 is 9.53 Å². The third-order valence-corrected chi connectivity index (χ3v) is 2.05. The number of carbonyl (C=O) groups is 1. The number of cyclic esters (lactones) is 1. The molecule has 74 valence electrons. The number of hydrogen-bond acceptors (Lipinski definition) is 4. The Labute approximate surface area is 81.5 Å². The monoisotopic (exact) mass is 193 g/mol. The summed E-state index contributed by atoms with van der Waals surface area (Å²) in [6.45, 7) is 1.58. The van der Waals surface area contributed by atoms with Crippen LogP contribution in [0.5, 0.6) is 0 Å². The van der Waals surface area contributed by atoms with E-state index < -0.39 is 0 Å². The van der Waals surface area contributed by atoms with E-state index in [4.69, 9.17) is 10.5 Å². The smallest absolute Gasteiger partial charge is 0.410 e. The zero-order chi connectivity index (χ0) is 9.97. The van der Waals surface area contributed by atoms with E-state index in [1.165, 1.54) is 0 Å². The van der Waals surface area contributed by atoms with Crippen molar-refractivity contribution in [3.8, 4) is 0 Å². The van der Waals surface area contributed by atoms with Gasteiger partial charge in [0.2, 0.25) is 0 Å². The Morgan fingerprint density at radius 1 is 1.57 bits per heavy atom. The molecule has 0 saturated carbocycles. The van der Waals surface area contributed by atoms with Gasteiger partial charge in [0, 0.05) is 0 Å². The number of hydrogen-bond donors (Lipinski definition) is 1. The van der Waals surface area contributed by atoms with E-state index in [1.807, 2.05) is 0 Å². The number of aromatic nitrogens is 1. The van der Waals surface area contributed by atoms with Crippen molar-refractivity contribution in [1.29, 1.82) is 0 Å². The third kappa shape index (κ3) is 1.76. The van der Waals surface area contributed by atoms with Crippen molar-refractivity contribution in [2.45, 2.75) is 6.54 Å². The summed E-state index contributed by atoms with van der Waals surface area (Å²) in [4.78, 5) is 16.8. The molecule has 14 heavy (non-hydrogen) atoms. The van der Waals surface area contributed by atoms with E-state index in [2.05, 4.69) is 4.98 Å². The lowest BCUT2D eigenvalue weighted by Gasteiger charge is -2.11. The first-order valence-corrected chi connectivity index (χ1v) is 4.38. The minimum absolute atomic E-state index is 0.274. The van der Waals surface area contributed by atoms with Crippen LogP contribution in [0.15, 0.2) is 18.3 Å². The summed E-state index contributed by atoms with van der Waals surface area (Å²) >= 11 is 0. The van der Waals surface area contributed by atoms with E-state index >= 15 is 0 Å². The molecule has 1 fully saturated rings. The Kier molecular flexibility index (Phi) is 2.22. The van der Waals surface area contributed by atoms with Gasteiger partial charge in [-0.15, -0.1) is 0 Å². The zero-order valence-electron chi connectivity index (χ0n) is 7.64. The molecule has 1 aromatic heterocycles. The molecule has 1 aliphatic rings. The van der Waals surface area contributed by atoms with Gasteiger partial charge in [-0.1, -0.05) is 0 Å². The molecule has 0 atom stereocenters. The number of rotatable bonds is 2. The second kappa shape index (κ2) is 3.53. The summed E-state index contributed by atoms with van der Waals surface area (Å²) in [5, 5.41) is 0. The van der Waals surface area contributed by atoms with Gasteiger partial charge in [-0.05, 0) is 12.1 Å². The molecule has 1 aromatic rings. The van der Waals surface area contributed by atoms with Crippen molar-refractivity contribution in [1.82, 2.24) is 9.88 Å². The zero-order valence-corrected chi connectivity index (χ0v) is 7.64. The predicted octanol–water partition coefficient (Wildman–Crippen LogP) is 0.616. The minimum atomic E-state index is -0.274. The fourth-order valence-corrected chi connectivity index (χ4v) is 1.29. The minimum Gasteiger partial charge on any atom is -0.448 e. The van der Waals surface area contributed by atoms with Crippen LogP contribution in [0, 0.1) is 0 Å². The Morgan fingerprint density at radius 2 is 2.43 bits per heavy atom. The highest BCUT2D eigenvalue weighted by Gasteiger charge is 2.21. The second-order valence-electron chi connectivity index (χ2n) is 3.12. The molecular weight excluding hydrogens is 182 g/mol. The highest BCUT2D eigenvalue weighted by Crippen LogP contribution is 2.09. The highest BCUT2D eigenvalue weighted by atomic mass is 16.6. The summed E-state index contributed by atoms with van der Waals surface area (Å²) in [5.41, 5.74) is 6.93. The molecule has 0 unspecified atom stereocenters. The first-order valence-electron chi connectivity index (χ1n) is 4.38. The fourth-order valence-electron chi connectivity index (χ4n) is 1.29. The lowest BCUT2D eigenvalue weighted by Crippen LogP contribution is -2.23. The summed E-state index contributed by atoms with van der Waals surface area (Å²) < 4.78 is 4.80. The van der Waals surface area contributed by atoms with Crippen LogP contribution in [0.2, 0.25) is 0 Å². The number of amides is 1. The van der Waals surface area contributed by atoms with E-state index in [-0.39, 0.29) is 6.09 Å². The van der Waals surface area contributed by atoms with Gasteiger partial charge < -0.3 is 10.5 Å². The van der Waals surface area contributed by atoms with E-state index in [1.54, 1.807) is 23.2 Å². The van der Waals surface area contributed by atoms with Crippen LogP contribution in [0.1, 0.15) is 5.69 Å². The van der Waals surface area contributed by atoms with Crippen molar-refractivity contribution in [3.05, 3.63) is 24.0 Å². The Bertz CT molecular complexity index is 336.